The maximum atomic E-state index is 12.4. The van der Waals surface area contributed by atoms with Gasteiger partial charge in [-0.05, 0) is 43.3 Å². The molecule has 0 spiro atoms. The molecule has 1 aliphatic heterocycles. The van der Waals surface area contributed by atoms with Gasteiger partial charge in [-0.15, -0.1) is 0 Å². The van der Waals surface area contributed by atoms with Crippen LogP contribution in [-0.2, 0) is 9.59 Å². The molecule has 0 bridgehead atoms. The van der Waals surface area contributed by atoms with Crippen LogP contribution in [0.2, 0.25) is 0 Å². The first-order chi connectivity index (χ1) is 12.0. The average Bonchev–Trinajstić information content (AvgIpc) is 2.59. The number of anilines is 2. The number of aromatic carboxylic acids is 1. The maximum absolute atomic E-state index is 12.4. The highest BCUT2D eigenvalue weighted by atomic mass is 16.5. The second-order valence-corrected chi connectivity index (χ2v) is 5.58. The van der Waals surface area contributed by atoms with Gasteiger partial charge in [-0.2, -0.15) is 0 Å². The van der Waals surface area contributed by atoms with E-state index in [1.54, 1.807) is 31.2 Å². The zero-order valence-corrected chi connectivity index (χ0v) is 13.4. The van der Waals surface area contributed by atoms with Crippen LogP contribution in [0.15, 0.2) is 48.5 Å². The van der Waals surface area contributed by atoms with Gasteiger partial charge in [-0.3, -0.25) is 14.5 Å². The molecule has 2 aromatic rings. The van der Waals surface area contributed by atoms with Crippen LogP contribution in [0.3, 0.4) is 0 Å². The Morgan fingerprint density at radius 3 is 2.52 bits per heavy atom. The fraction of sp³-hybridized carbons (Fsp3) is 0.167. The number of para-hydroxylation sites is 2. The molecule has 1 aliphatic rings. The first-order valence-corrected chi connectivity index (χ1v) is 7.66. The summed E-state index contributed by atoms with van der Waals surface area (Å²) in [5.74, 6) is -1.18. The molecule has 7 heteroatoms. The van der Waals surface area contributed by atoms with Gasteiger partial charge in [0, 0.05) is 5.69 Å². The minimum atomic E-state index is -1.04. The lowest BCUT2D eigenvalue weighted by molar-refractivity contribution is -0.127. The third kappa shape index (κ3) is 3.45. The van der Waals surface area contributed by atoms with E-state index in [1.165, 1.54) is 29.2 Å². The van der Waals surface area contributed by atoms with E-state index in [9.17, 15) is 14.4 Å². The van der Waals surface area contributed by atoms with E-state index in [1.807, 2.05) is 0 Å². The predicted octanol–water partition coefficient (Wildman–Crippen LogP) is 2.14. The summed E-state index contributed by atoms with van der Waals surface area (Å²) >= 11 is 0. The molecule has 2 amide bonds. The Labute approximate surface area is 143 Å². The lowest BCUT2D eigenvalue weighted by Gasteiger charge is -2.32. The number of carbonyl (C=O) groups excluding carboxylic acids is 2. The number of hydrogen-bond donors (Lipinski definition) is 2. The smallest absolute Gasteiger partial charge is 0.335 e. The SMILES string of the molecule is CC1Oc2ccccc2N(CC(=O)Nc2ccc(C(=O)O)cc2)C1=O. The highest BCUT2D eigenvalue weighted by molar-refractivity contribution is 6.06. The summed E-state index contributed by atoms with van der Waals surface area (Å²) in [6.45, 7) is 1.47. The van der Waals surface area contributed by atoms with E-state index < -0.39 is 12.1 Å². The number of nitrogens with one attached hydrogen (secondary N) is 1. The van der Waals surface area contributed by atoms with Crippen molar-refractivity contribution in [2.24, 2.45) is 0 Å². The molecule has 1 heterocycles. The zero-order chi connectivity index (χ0) is 18.0. The van der Waals surface area contributed by atoms with Crippen molar-refractivity contribution in [3.8, 4) is 5.75 Å². The topological polar surface area (TPSA) is 95.9 Å². The zero-order valence-electron chi connectivity index (χ0n) is 13.4. The molecule has 0 saturated carbocycles. The second kappa shape index (κ2) is 6.64. The Morgan fingerprint density at radius 1 is 1.16 bits per heavy atom. The quantitative estimate of drug-likeness (QED) is 0.889. The van der Waals surface area contributed by atoms with Gasteiger partial charge >= 0.3 is 5.97 Å². The molecule has 0 saturated heterocycles. The number of fused-ring (bicyclic) bond motifs is 1. The molecular formula is C18H16N2O5. The van der Waals surface area contributed by atoms with Crippen molar-refractivity contribution in [1.29, 1.82) is 0 Å². The van der Waals surface area contributed by atoms with Gasteiger partial charge in [-0.25, -0.2) is 4.79 Å². The number of benzene rings is 2. The minimum Gasteiger partial charge on any atom is -0.479 e. The summed E-state index contributed by atoms with van der Waals surface area (Å²) in [5.41, 5.74) is 1.13. The van der Waals surface area contributed by atoms with Crippen LogP contribution >= 0.6 is 0 Å². The van der Waals surface area contributed by atoms with Crippen molar-refractivity contribution in [2.75, 3.05) is 16.8 Å². The molecule has 0 aromatic heterocycles. The van der Waals surface area contributed by atoms with Gasteiger partial charge in [-0.1, -0.05) is 12.1 Å². The van der Waals surface area contributed by atoms with Crippen molar-refractivity contribution in [1.82, 2.24) is 0 Å². The van der Waals surface area contributed by atoms with Crippen molar-refractivity contribution < 1.29 is 24.2 Å². The van der Waals surface area contributed by atoms with Crippen molar-refractivity contribution >= 4 is 29.2 Å². The van der Waals surface area contributed by atoms with E-state index in [4.69, 9.17) is 9.84 Å². The van der Waals surface area contributed by atoms with Crippen LogP contribution in [0, 0.1) is 0 Å². The fourth-order valence-corrected chi connectivity index (χ4v) is 2.56. The number of carboxylic acids is 1. The lowest BCUT2D eigenvalue weighted by Crippen LogP contribution is -2.47. The minimum absolute atomic E-state index is 0.129. The normalized spacial score (nSPS) is 16.0. The number of rotatable bonds is 4. The molecule has 128 valence electrons. The Morgan fingerprint density at radius 2 is 1.84 bits per heavy atom. The molecule has 0 fully saturated rings. The van der Waals surface area contributed by atoms with Crippen LogP contribution in [0.4, 0.5) is 11.4 Å². The van der Waals surface area contributed by atoms with E-state index in [2.05, 4.69) is 5.32 Å². The molecule has 0 radical (unpaired) electrons. The number of carboxylic acid groups (broad SMARTS) is 1. The van der Waals surface area contributed by atoms with Crippen LogP contribution in [0.25, 0.3) is 0 Å². The Hall–Kier alpha value is -3.35. The van der Waals surface area contributed by atoms with Crippen LogP contribution in [0.1, 0.15) is 17.3 Å². The Balaban J connectivity index is 1.74. The van der Waals surface area contributed by atoms with Crippen LogP contribution in [0.5, 0.6) is 5.75 Å². The van der Waals surface area contributed by atoms with E-state index in [-0.39, 0.29) is 23.9 Å². The lowest BCUT2D eigenvalue weighted by atomic mass is 10.2. The van der Waals surface area contributed by atoms with Crippen molar-refractivity contribution in [2.45, 2.75) is 13.0 Å². The maximum Gasteiger partial charge on any atom is 0.335 e. The summed E-state index contributed by atoms with van der Waals surface area (Å²) in [4.78, 5) is 36.9. The number of hydrogen-bond acceptors (Lipinski definition) is 4. The molecule has 1 atom stereocenters. The summed E-state index contributed by atoms with van der Waals surface area (Å²) in [6, 6.07) is 12.8. The third-order valence-electron chi connectivity index (χ3n) is 3.79. The molecule has 1 unspecified atom stereocenters. The Kier molecular flexibility index (Phi) is 4.38. The molecule has 0 aliphatic carbocycles. The molecular weight excluding hydrogens is 324 g/mol. The summed E-state index contributed by atoms with van der Waals surface area (Å²) in [6.07, 6.45) is -0.669. The average molecular weight is 340 g/mol. The van der Waals surface area contributed by atoms with E-state index in [0.29, 0.717) is 17.1 Å². The van der Waals surface area contributed by atoms with E-state index >= 15 is 0 Å². The predicted molar refractivity (Wildman–Crippen MR) is 90.9 cm³/mol. The number of ether oxygens (including phenoxy) is 1. The summed E-state index contributed by atoms with van der Waals surface area (Å²) in [5, 5.41) is 11.5. The van der Waals surface area contributed by atoms with Gasteiger partial charge in [0.25, 0.3) is 5.91 Å². The van der Waals surface area contributed by atoms with Gasteiger partial charge < -0.3 is 15.2 Å². The van der Waals surface area contributed by atoms with Crippen molar-refractivity contribution in [3.05, 3.63) is 54.1 Å². The molecule has 2 aromatic carbocycles. The molecule has 25 heavy (non-hydrogen) atoms. The molecule has 7 nitrogen and oxygen atoms in total. The first-order valence-electron chi connectivity index (χ1n) is 7.66. The molecule has 3 rings (SSSR count). The highest BCUT2D eigenvalue weighted by Crippen LogP contribution is 2.33. The second-order valence-electron chi connectivity index (χ2n) is 5.58. The Bertz CT molecular complexity index is 832. The van der Waals surface area contributed by atoms with Gasteiger partial charge in [0.1, 0.15) is 12.3 Å². The van der Waals surface area contributed by atoms with Gasteiger partial charge in [0.2, 0.25) is 5.91 Å². The monoisotopic (exact) mass is 340 g/mol. The standard InChI is InChI=1S/C18H16N2O5/c1-11-17(22)20(14-4-2-3-5-15(14)25-11)10-16(21)19-13-8-6-12(7-9-13)18(23)24/h2-9,11H,10H2,1H3,(H,19,21)(H,23,24). The fourth-order valence-electron chi connectivity index (χ4n) is 2.56. The highest BCUT2D eigenvalue weighted by Gasteiger charge is 2.32. The largest absolute Gasteiger partial charge is 0.479 e. The summed E-state index contributed by atoms with van der Waals surface area (Å²) in [7, 11) is 0. The number of nitrogens with zero attached hydrogens (tertiary/aromatic N) is 1. The number of carbonyl (C=O) groups is 3. The first kappa shape index (κ1) is 16.5. The third-order valence-corrected chi connectivity index (χ3v) is 3.79. The van der Waals surface area contributed by atoms with Crippen molar-refractivity contribution in [3.63, 3.8) is 0 Å². The van der Waals surface area contributed by atoms with Crippen LogP contribution in [-0.4, -0.2) is 35.5 Å². The summed E-state index contributed by atoms with van der Waals surface area (Å²) < 4.78 is 5.53. The van der Waals surface area contributed by atoms with Gasteiger partial charge in [0.05, 0.1) is 11.3 Å². The van der Waals surface area contributed by atoms with Crippen LogP contribution < -0.4 is 15.0 Å². The van der Waals surface area contributed by atoms with Gasteiger partial charge in [0.15, 0.2) is 6.10 Å². The van der Waals surface area contributed by atoms with E-state index in [0.717, 1.165) is 0 Å². The molecule has 2 N–H and O–H groups in total. The number of amides is 2.